The molecule has 130 valence electrons. The zero-order valence-corrected chi connectivity index (χ0v) is 15.7. The number of nitrogens with one attached hydrogen (secondary N) is 1. The molecule has 0 bridgehead atoms. The van der Waals surface area contributed by atoms with Gasteiger partial charge >= 0.3 is 5.97 Å². The third kappa shape index (κ3) is 3.75. The Hall–Kier alpha value is -2.18. The molecule has 0 amide bonds. The molecule has 0 aliphatic carbocycles. The van der Waals surface area contributed by atoms with Crippen molar-refractivity contribution in [1.29, 1.82) is 0 Å². The van der Waals surface area contributed by atoms with Crippen molar-refractivity contribution >= 4 is 34.7 Å². The molecule has 0 radical (unpaired) electrons. The van der Waals surface area contributed by atoms with Gasteiger partial charge in [-0.25, -0.2) is 9.78 Å². The number of halogens is 1. The molecule has 2 aromatic rings. The number of hydrogen-bond acceptors (Lipinski definition) is 6. The third-order valence-electron chi connectivity index (χ3n) is 3.76. The number of nitrogens with zero attached hydrogens (tertiary/aromatic N) is 2. The van der Waals surface area contributed by atoms with Gasteiger partial charge in [0.05, 0.1) is 17.2 Å². The number of amidine groups is 1. The second-order valence-electron chi connectivity index (χ2n) is 5.57. The molecule has 5 nitrogen and oxygen atoms in total. The van der Waals surface area contributed by atoms with Gasteiger partial charge < -0.3 is 10.1 Å². The molecule has 25 heavy (non-hydrogen) atoms. The summed E-state index contributed by atoms with van der Waals surface area (Å²) in [7, 11) is 0. The molecule has 1 aliphatic heterocycles. The first-order chi connectivity index (χ1) is 12.0. The largest absolute Gasteiger partial charge is 0.463 e. The van der Waals surface area contributed by atoms with E-state index < -0.39 is 6.04 Å². The first-order valence-corrected chi connectivity index (χ1v) is 9.16. The summed E-state index contributed by atoms with van der Waals surface area (Å²) >= 11 is 7.69. The lowest BCUT2D eigenvalue weighted by Gasteiger charge is -2.25. The molecule has 0 spiro atoms. The first kappa shape index (κ1) is 17.6. The number of ether oxygens (including phenoxy) is 1. The topological polar surface area (TPSA) is 63.6 Å². The zero-order valence-electron chi connectivity index (χ0n) is 14.2. The van der Waals surface area contributed by atoms with Gasteiger partial charge in [0.2, 0.25) is 0 Å². The van der Waals surface area contributed by atoms with Crippen LogP contribution in [0.2, 0.25) is 5.02 Å². The van der Waals surface area contributed by atoms with Crippen molar-refractivity contribution in [3.05, 3.63) is 62.2 Å². The van der Waals surface area contributed by atoms with Gasteiger partial charge in [-0.3, -0.25) is 4.99 Å². The Kier molecular flexibility index (Phi) is 5.20. The van der Waals surface area contributed by atoms with Crippen molar-refractivity contribution in [1.82, 2.24) is 10.3 Å². The first-order valence-electron chi connectivity index (χ1n) is 7.90. The van der Waals surface area contributed by atoms with E-state index in [1.807, 2.05) is 37.4 Å². The molecule has 1 aromatic carbocycles. The Labute approximate surface area is 155 Å². The van der Waals surface area contributed by atoms with E-state index in [0.717, 1.165) is 16.3 Å². The molecule has 0 fully saturated rings. The maximum absolute atomic E-state index is 12.5. The van der Waals surface area contributed by atoms with Crippen LogP contribution in [0.15, 0.2) is 45.9 Å². The van der Waals surface area contributed by atoms with Crippen LogP contribution in [0.5, 0.6) is 0 Å². The van der Waals surface area contributed by atoms with Crippen molar-refractivity contribution in [3.8, 4) is 0 Å². The maximum Gasteiger partial charge on any atom is 0.338 e. The molecule has 1 aromatic heterocycles. The van der Waals surface area contributed by atoms with Crippen molar-refractivity contribution in [2.24, 2.45) is 4.99 Å². The fraction of sp³-hybridized carbons (Fsp3) is 0.278. The van der Waals surface area contributed by atoms with Gasteiger partial charge in [-0.05, 0) is 38.5 Å². The highest BCUT2D eigenvalue weighted by Crippen LogP contribution is 2.33. The number of aromatic nitrogens is 1. The molecule has 7 heteroatoms. The van der Waals surface area contributed by atoms with Crippen LogP contribution in [0.25, 0.3) is 0 Å². The Morgan fingerprint density at radius 1 is 1.40 bits per heavy atom. The van der Waals surface area contributed by atoms with Crippen LogP contribution in [-0.2, 0) is 9.53 Å². The van der Waals surface area contributed by atoms with E-state index in [1.165, 1.54) is 0 Å². The predicted octanol–water partition coefficient (Wildman–Crippen LogP) is 4.03. The highest BCUT2D eigenvalue weighted by atomic mass is 35.5. The lowest BCUT2D eigenvalue weighted by molar-refractivity contribution is -0.138. The van der Waals surface area contributed by atoms with Crippen LogP contribution < -0.4 is 5.32 Å². The number of thiazole rings is 1. The fourth-order valence-electron chi connectivity index (χ4n) is 2.67. The van der Waals surface area contributed by atoms with Gasteiger partial charge in [-0.1, -0.05) is 23.7 Å². The van der Waals surface area contributed by atoms with Crippen molar-refractivity contribution in [3.63, 3.8) is 0 Å². The van der Waals surface area contributed by atoms with E-state index in [2.05, 4.69) is 10.3 Å². The van der Waals surface area contributed by atoms with Crippen molar-refractivity contribution in [2.45, 2.75) is 26.8 Å². The summed E-state index contributed by atoms with van der Waals surface area (Å²) in [5.41, 5.74) is 2.79. The van der Waals surface area contributed by atoms with Gasteiger partial charge in [-0.15, -0.1) is 11.3 Å². The number of carbonyl (C=O) groups excluding carboxylic acids is 1. The summed E-state index contributed by atoms with van der Waals surface area (Å²) in [6, 6.07) is 6.87. The molecular formula is C18H18ClN3O2S. The minimum atomic E-state index is -0.490. The summed E-state index contributed by atoms with van der Waals surface area (Å²) in [5.74, 6) is 0.259. The number of allylic oxidation sites excluding steroid dienone is 1. The number of hydrogen-bond donors (Lipinski definition) is 1. The Bertz CT molecular complexity index is 873. The molecule has 1 aliphatic rings. The molecule has 1 N–H and O–H groups in total. The standard InChI is InChI=1S/C18H18ClN3O2S/c1-4-24-18(23)15-10(2)20-17(14-9-25-11(3)21-14)22-16(15)12-6-5-7-13(19)8-12/h5-9,16H,4H2,1-3H3,(H,20,22)/t16-/m1/s1. The fourth-order valence-corrected chi connectivity index (χ4v) is 3.47. The van der Waals surface area contributed by atoms with E-state index in [4.69, 9.17) is 21.3 Å². The third-order valence-corrected chi connectivity index (χ3v) is 4.77. The van der Waals surface area contributed by atoms with Crippen molar-refractivity contribution < 1.29 is 9.53 Å². The second-order valence-corrected chi connectivity index (χ2v) is 7.07. The number of esters is 1. The van der Waals surface area contributed by atoms with Gasteiger partial charge in [0.1, 0.15) is 11.7 Å². The van der Waals surface area contributed by atoms with Crippen LogP contribution in [0.4, 0.5) is 0 Å². The molecule has 3 rings (SSSR count). The SMILES string of the molecule is CCOC(=O)C1=C(C)NC(c2csc(C)n2)=N[C@@H]1c1cccc(Cl)c1. The van der Waals surface area contributed by atoms with Gasteiger partial charge in [0.25, 0.3) is 0 Å². The number of benzene rings is 1. The molecule has 0 unspecified atom stereocenters. The molecule has 2 heterocycles. The number of aryl methyl sites for hydroxylation is 1. The van der Waals surface area contributed by atoms with Crippen LogP contribution >= 0.6 is 22.9 Å². The van der Waals surface area contributed by atoms with E-state index in [1.54, 1.807) is 24.3 Å². The smallest absolute Gasteiger partial charge is 0.338 e. The highest BCUT2D eigenvalue weighted by Gasteiger charge is 2.31. The molecule has 0 saturated carbocycles. The minimum absolute atomic E-state index is 0.305. The minimum Gasteiger partial charge on any atom is -0.463 e. The zero-order chi connectivity index (χ0) is 18.0. The van der Waals surface area contributed by atoms with Gasteiger partial charge in [0, 0.05) is 16.1 Å². The normalized spacial score (nSPS) is 17.1. The molecule has 1 atom stereocenters. The maximum atomic E-state index is 12.5. The summed E-state index contributed by atoms with van der Waals surface area (Å²) in [4.78, 5) is 21.7. The molecule has 0 saturated heterocycles. The Morgan fingerprint density at radius 2 is 2.20 bits per heavy atom. The quantitative estimate of drug-likeness (QED) is 0.819. The van der Waals surface area contributed by atoms with Gasteiger partial charge in [0.15, 0.2) is 5.84 Å². The van der Waals surface area contributed by atoms with Crippen LogP contribution in [0, 0.1) is 6.92 Å². The summed E-state index contributed by atoms with van der Waals surface area (Å²) in [6.07, 6.45) is 0. The number of aliphatic imine (C=N–C) groups is 1. The monoisotopic (exact) mass is 375 g/mol. The number of rotatable bonds is 4. The Morgan fingerprint density at radius 3 is 2.84 bits per heavy atom. The van der Waals surface area contributed by atoms with Crippen LogP contribution in [-0.4, -0.2) is 23.4 Å². The highest BCUT2D eigenvalue weighted by molar-refractivity contribution is 7.09. The summed E-state index contributed by atoms with van der Waals surface area (Å²) in [5, 5.41) is 6.68. The lowest BCUT2D eigenvalue weighted by Crippen LogP contribution is -2.33. The summed E-state index contributed by atoms with van der Waals surface area (Å²) < 4.78 is 5.23. The van der Waals surface area contributed by atoms with Crippen LogP contribution in [0.3, 0.4) is 0 Å². The predicted molar refractivity (Wildman–Crippen MR) is 100 cm³/mol. The second kappa shape index (κ2) is 7.37. The van der Waals surface area contributed by atoms with Crippen LogP contribution in [0.1, 0.15) is 36.2 Å². The van der Waals surface area contributed by atoms with E-state index >= 15 is 0 Å². The van der Waals surface area contributed by atoms with E-state index in [9.17, 15) is 4.79 Å². The van der Waals surface area contributed by atoms with Gasteiger partial charge in [-0.2, -0.15) is 0 Å². The Balaban J connectivity index is 2.08. The van der Waals surface area contributed by atoms with Crippen molar-refractivity contribution in [2.75, 3.05) is 6.61 Å². The lowest BCUT2D eigenvalue weighted by atomic mass is 9.96. The average molecular weight is 376 g/mol. The van der Waals surface area contributed by atoms with E-state index in [-0.39, 0.29) is 5.97 Å². The average Bonchev–Trinajstić information content (AvgIpc) is 3.00. The number of carbonyl (C=O) groups is 1. The molecular weight excluding hydrogens is 358 g/mol. The summed E-state index contributed by atoms with van der Waals surface area (Å²) in [6.45, 7) is 5.88. The van der Waals surface area contributed by atoms with E-state index in [0.29, 0.717) is 28.7 Å².